The van der Waals surface area contributed by atoms with Gasteiger partial charge in [-0.15, -0.1) is 0 Å². The zero-order valence-corrected chi connectivity index (χ0v) is 11.6. The van der Waals surface area contributed by atoms with Crippen molar-refractivity contribution in [2.24, 2.45) is 0 Å². The molecule has 0 spiro atoms. The molecule has 0 aromatic rings. The van der Waals surface area contributed by atoms with Gasteiger partial charge in [-0.25, -0.2) is 9.59 Å². The van der Waals surface area contributed by atoms with Gasteiger partial charge in [0.1, 0.15) is 17.7 Å². The molecule has 0 saturated heterocycles. The van der Waals surface area contributed by atoms with Crippen LogP contribution >= 0.6 is 0 Å². The van der Waals surface area contributed by atoms with E-state index in [0.29, 0.717) is 0 Å². The summed E-state index contributed by atoms with van der Waals surface area (Å²) in [6.45, 7) is 6.91. The molecule has 0 aromatic carbocycles. The van der Waals surface area contributed by atoms with Crippen LogP contribution in [0, 0.1) is 0 Å². The number of esters is 1. The molecule has 1 atom stereocenters. The van der Waals surface area contributed by atoms with Crippen molar-refractivity contribution in [2.75, 3.05) is 0 Å². The molecular weight excluding hydrogens is 234 g/mol. The number of carbonyl (C=O) groups excluding carboxylic acids is 2. The van der Waals surface area contributed by atoms with Gasteiger partial charge in [0.15, 0.2) is 0 Å². The minimum absolute atomic E-state index is 0.0142. The predicted octanol–water partition coefficient (Wildman–Crippen LogP) is 2.39. The van der Waals surface area contributed by atoms with Gasteiger partial charge in [-0.2, -0.15) is 0 Å². The second kappa shape index (κ2) is 6.07. The number of amides is 1. The lowest BCUT2D eigenvalue weighted by Crippen LogP contribution is -2.43. The van der Waals surface area contributed by atoms with Crippen molar-refractivity contribution < 1.29 is 19.1 Å². The fourth-order valence-electron chi connectivity index (χ4n) is 1.82. The van der Waals surface area contributed by atoms with Crippen molar-refractivity contribution in [1.82, 2.24) is 5.32 Å². The Kier molecular flexibility index (Phi) is 4.99. The molecule has 1 fully saturated rings. The predicted molar refractivity (Wildman–Crippen MR) is 67.2 cm³/mol. The van der Waals surface area contributed by atoms with Crippen LogP contribution in [0.15, 0.2) is 0 Å². The molecule has 18 heavy (non-hydrogen) atoms. The number of alkyl carbamates (subject to hydrolysis) is 1. The van der Waals surface area contributed by atoms with Gasteiger partial charge in [-0.3, -0.25) is 0 Å². The van der Waals surface area contributed by atoms with Crippen molar-refractivity contribution in [1.29, 1.82) is 0 Å². The van der Waals surface area contributed by atoms with E-state index in [1.807, 2.05) is 0 Å². The molecule has 0 bridgehead atoms. The smallest absolute Gasteiger partial charge is 0.408 e. The summed E-state index contributed by atoms with van der Waals surface area (Å²) >= 11 is 0. The van der Waals surface area contributed by atoms with E-state index >= 15 is 0 Å². The monoisotopic (exact) mass is 257 g/mol. The van der Waals surface area contributed by atoms with Crippen molar-refractivity contribution in [3.63, 3.8) is 0 Å². The first kappa shape index (κ1) is 14.8. The molecule has 0 aliphatic heterocycles. The second-order valence-electron chi connectivity index (χ2n) is 5.71. The number of carbonyl (C=O) groups is 2. The molecule has 1 amide bonds. The van der Waals surface area contributed by atoms with Crippen LogP contribution in [0.5, 0.6) is 0 Å². The van der Waals surface area contributed by atoms with Crippen LogP contribution in [-0.2, 0) is 14.3 Å². The van der Waals surface area contributed by atoms with E-state index in [0.717, 1.165) is 25.7 Å². The molecule has 0 radical (unpaired) electrons. The van der Waals surface area contributed by atoms with Gasteiger partial charge < -0.3 is 14.8 Å². The Morgan fingerprint density at radius 1 is 1.22 bits per heavy atom. The van der Waals surface area contributed by atoms with Gasteiger partial charge in [0.05, 0.1) is 0 Å². The van der Waals surface area contributed by atoms with Crippen LogP contribution < -0.4 is 5.32 Å². The number of hydrogen-bond acceptors (Lipinski definition) is 4. The topological polar surface area (TPSA) is 64.6 Å². The number of nitrogens with one attached hydrogen (secondary N) is 1. The molecule has 0 heterocycles. The summed E-state index contributed by atoms with van der Waals surface area (Å²) in [6.07, 6.45) is 3.46. The molecule has 104 valence electrons. The third-order valence-electron chi connectivity index (χ3n) is 2.67. The van der Waals surface area contributed by atoms with E-state index in [1.54, 1.807) is 27.7 Å². The molecule has 0 aromatic heterocycles. The SMILES string of the molecule is C[C@H](NC(=O)OC(C)(C)C)C(=O)OC1CCCC1. The van der Waals surface area contributed by atoms with Crippen LogP contribution in [0.3, 0.4) is 0 Å². The number of ether oxygens (including phenoxy) is 2. The number of hydrogen-bond donors (Lipinski definition) is 1. The van der Waals surface area contributed by atoms with E-state index in [4.69, 9.17) is 9.47 Å². The van der Waals surface area contributed by atoms with Crippen LogP contribution in [0.4, 0.5) is 4.79 Å². The fourth-order valence-corrected chi connectivity index (χ4v) is 1.82. The maximum absolute atomic E-state index is 11.7. The lowest BCUT2D eigenvalue weighted by Gasteiger charge is -2.22. The highest BCUT2D eigenvalue weighted by Crippen LogP contribution is 2.21. The zero-order chi connectivity index (χ0) is 13.8. The summed E-state index contributed by atoms with van der Waals surface area (Å²) in [6, 6.07) is -0.680. The Balaban J connectivity index is 2.32. The Hall–Kier alpha value is -1.26. The molecule has 1 N–H and O–H groups in total. The second-order valence-corrected chi connectivity index (χ2v) is 5.71. The molecule has 1 rings (SSSR count). The fraction of sp³-hybridized carbons (Fsp3) is 0.846. The Morgan fingerprint density at radius 2 is 1.78 bits per heavy atom. The van der Waals surface area contributed by atoms with Gasteiger partial charge in [-0.05, 0) is 53.4 Å². The average molecular weight is 257 g/mol. The Bertz CT molecular complexity index is 303. The van der Waals surface area contributed by atoms with E-state index in [-0.39, 0.29) is 6.10 Å². The highest BCUT2D eigenvalue weighted by Gasteiger charge is 2.25. The standard InChI is InChI=1S/C13H23NO4/c1-9(14-12(16)18-13(2,3)4)11(15)17-10-7-5-6-8-10/h9-10H,5-8H2,1-4H3,(H,14,16)/t9-/m0/s1. The van der Waals surface area contributed by atoms with E-state index in [9.17, 15) is 9.59 Å². The summed E-state index contributed by atoms with van der Waals surface area (Å²) in [7, 11) is 0. The Labute approximate surface area is 108 Å². The van der Waals surface area contributed by atoms with Crippen molar-refractivity contribution in [3.8, 4) is 0 Å². The molecule has 5 heteroatoms. The van der Waals surface area contributed by atoms with Gasteiger partial charge in [0, 0.05) is 0 Å². The minimum atomic E-state index is -0.680. The molecule has 1 aliphatic carbocycles. The molecule has 0 unspecified atom stereocenters. The molecule has 1 saturated carbocycles. The quantitative estimate of drug-likeness (QED) is 0.788. The summed E-state index contributed by atoms with van der Waals surface area (Å²) in [5, 5.41) is 2.47. The summed E-state index contributed by atoms with van der Waals surface area (Å²) in [5.41, 5.74) is -0.570. The Morgan fingerprint density at radius 3 is 2.28 bits per heavy atom. The first-order valence-electron chi connectivity index (χ1n) is 6.48. The highest BCUT2D eigenvalue weighted by molar-refractivity contribution is 5.81. The summed E-state index contributed by atoms with van der Waals surface area (Å²) in [4.78, 5) is 23.2. The highest BCUT2D eigenvalue weighted by atomic mass is 16.6. The zero-order valence-electron chi connectivity index (χ0n) is 11.6. The van der Waals surface area contributed by atoms with Crippen LogP contribution in [0.1, 0.15) is 53.4 Å². The summed E-state index contributed by atoms with van der Waals surface area (Å²) < 4.78 is 10.4. The average Bonchev–Trinajstić information content (AvgIpc) is 2.66. The summed E-state index contributed by atoms with van der Waals surface area (Å²) in [5.74, 6) is -0.396. The van der Waals surface area contributed by atoms with Crippen molar-refractivity contribution >= 4 is 12.1 Å². The largest absolute Gasteiger partial charge is 0.461 e. The van der Waals surface area contributed by atoms with E-state index < -0.39 is 23.7 Å². The van der Waals surface area contributed by atoms with Crippen LogP contribution in [0.2, 0.25) is 0 Å². The van der Waals surface area contributed by atoms with Gasteiger partial charge in [-0.1, -0.05) is 0 Å². The van der Waals surface area contributed by atoms with Crippen LogP contribution in [0.25, 0.3) is 0 Å². The molecular formula is C13H23NO4. The minimum Gasteiger partial charge on any atom is -0.461 e. The molecule has 1 aliphatic rings. The number of rotatable bonds is 3. The maximum Gasteiger partial charge on any atom is 0.408 e. The maximum atomic E-state index is 11.7. The van der Waals surface area contributed by atoms with E-state index in [1.165, 1.54) is 0 Å². The molecule has 5 nitrogen and oxygen atoms in total. The van der Waals surface area contributed by atoms with Crippen molar-refractivity contribution in [3.05, 3.63) is 0 Å². The first-order chi connectivity index (χ1) is 8.28. The van der Waals surface area contributed by atoms with Crippen LogP contribution in [-0.4, -0.2) is 29.8 Å². The first-order valence-corrected chi connectivity index (χ1v) is 6.48. The van der Waals surface area contributed by atoms with Gasteiger partial charge in [0.2, 0.25) is 0 Å². The van der Waals surface area contributed by atoms with Gasteiger partial charge >= 0.3 is 12.1 Å². The van der Waals surface area contributed by atoms with E-state index in [2.05, 4.69) is 5.32 Å². The van der Waals surface area contributed by atoms with Crippen molar-refractivity contribution in [2.45, 2.75) is 71.1 Å². The third kappa shape index (κ3) is 5.38. The van der Waals surface area contributed by atoms with Gasteiger partial charge in [0.25, 0.3) is 0 Å². The third-order valence-corrected chi connectivity index (χ3v) is 2.67. The lowest BCUT2D eigenvalue weighted by atomic mass is 10.2. The normalized spacial score (nSPS) is 18.2. The lowest BCUT2D eigenvalue weighted by molar-refractivity contribution is -0.150.